The molecule has 2 aromatic heterocycles. The summed E-state index contributed by atoms with van der Waals surface area (Å²) in [6, 6.07) is 17.8. The predicted octanol–water partition coefficient (Wildman–Crippen LogP) is 5.56. The first-order chi connectivity index (χ1) is 16.2. The van der Waals surface area contributed by atoms with E-state index in [-0.39, 0.29) is 12.2 Å². The lowest BCUT2D eigenvalue weighted by atomic mass is 10.1. The number of rotatable bonds is 7. The van der Waals surface area contributed by atoms with Crippen molar-refractivity contribution in [2.24, 2.45) is 0 Å². The van der Waals surface area contributed by atoms with Crippen LogP contribution >= 0.6 is 0 Å². The lowest BCUT2D eigenvalue weighted by molar-refractivity contribution is -0.143. The van der Waals surface area contributed by atoms with Gasteiger partial charge in [-0.15, -0.1) is 0 Å². The van der Waals surface area contributed by atoms with E-state index in [0.29, 0.717) is 24.3 Å². The second-order valence-corrected chi connectivity index (χ2v) is 8.03. The molecule has 0 aliphatic heterocycles. The lowest BCUT2D eigenvalue weighted by Gasteiger charge is -2.18. The van der Waals surface area contributed by atoms with Gasteiger partial charge < -0.3 is 9.42 Å². The molecule has 6 nitrogen and oxygen atoms in total. The third-order valence-electron chi connectivity index (χ3n) is 5.44. The molecule has 0 spiro atoms. The molecule has 0 aliphatic rings. The van der Waals surface area contributed by atoms with E-state index in [1.807, 2.05) is 43.3 Å². The van der Waals surface area contributed by atoms with Crippen LogP contribution in [0.3, 0.4) is 0 Å². The standard InChI is InChI=1S/C25H23F3N4O2/c1-17-10-12-19(13-11-17)32-23(25(26,27)28)21(16-29-32)24(33)31(2)14-6-9-20-15-22(30-34-20)18-7-4-3-5-8-18/h3-5,7-8,10-13,15-16H,6,9,14H2,1-2H3. The highest BCUT2D eigenvalue weighted by Crippen LogP contribution is 2.34. The maximum absolute atomic E-state index is 13.9. The quantitative estimate of drug-likeness (QED) is 0.356. The summed E-state index contributed by atoms with van der Waals surface area (Å²) in [5.74, 6) is -0.101. The van der Waals surface area contributed by atoms with Crippen molar-refractivity contribution in [3.05, 3.63) is 89.4 Å². The summed E-state index contributed by atoms with van der Waals surface area (Å²) >= 11 is 0. The predicted molar refractivity (Wildman–Crippen MR) is 121 cm³/mol. The molecule has 0 N–H and O–H groups in total. The van der Waals surface area contributed by atoms with Crippen LogP contribution in [0.1, 0.15) is 33.8 Å². The van der Waals surface area contributed by atoms with Crippen molar-refractivity contribution in [1.82, 2.24) is 19.8 Å². The van der Waals surface area contributed by atoms with Crippen molar-refractivity contribution < 1.29 is 22.5 Å². The number of alkyl halides is 3. The molecule has 0 unspecified atom stereocenters. The first kappa shape index (κ1) is 23.3. The maximum atomic E-state index is 13.9. The molecule has 2 heterocycles. The zero-order valence-corrected chi connectivity index (χ0v) is 18.7. The number of aromatic nitrogens is 3. The summed E-state index contributed by atoms with van der Waals surface area (Å²) < 4.78 is 47.8. The summed E-state index contributed by atoms with van der Waals surface area (Å²) in [6.07, 6.45) is -2.78. The van der Waals surface area contributed by atoms with Crippen molar-refractivity contribution >= 4 is 5.91 Å². The highest BCUT2D eigenvalue weighted by molar-refractivity contribution is 5.95. The molecule has 4 rings (SSSR count). The minimum absolute atomic E-state index is 0.235. The van der Waals surface area contributed by atoms with E-state index in [0.717, 1.165) is 22.0 Å². The van der Waals surface area contributed by atoms with E-state index in [1.165, 1.54) is 24.1 Å². The SMILES string of the molecule is Cc1ccc(-n2ncc(C(=O)N(C)CCCc3cc(-c4ccccc4)no3)c2C(F)(F)F)cc1. The zero-order chi connectivity index (χ0) is 24.3. The van der Waals surface area contributed by atoms with Gasteiger partial charge in [0.1, 0.15) is 11.5 Å². The Labute approximate surface area is 194 Å². The molecule has 1 amide bonds. The summed E-state index contributed by atoms with van der Waals surface area (Å²) in [7, 11) is 1.47. The van der Waals surface area contributed by atoms with E-state index >= 15 is 0 Å². The molecule has 0 saturated heterocycles. The van der Waals surface area contributed by atoms with Crippen LogP contribution < -0.4 is 0 Å². The minimum atomic E-state index is -4.75. The molecule has 4 aromatic rings. The molecule has 2 aromatic carbocycles. The average Bonchev–Trinajstić information content (AvgIpc) is 3.47. The fourth-order valence-corrected chi connectivity index (χ4v) is 3.63. The molecule has 0 radical (unpaired) electrons. The second-order valence-electron chi connectivity index (χ2n) is 8.03. The largest absolute Gasteiger partial charge is 0.434 e. The smallest absolute Gasteiger partial charge is 0.361 e. The number of carbonyl (C=O) groups excluding carboxylic acids is 1. The van der Waals surface area contributed by atoms with Crippen LogP contribution in [-0.2, 0) is 12.6 Å². The van der Waals surface area contributed by atoms with Gasteiger partial charge >= 0.3 is 6.18 Å². The number of carbonyl (C=O) groups is 1. The Balaban J connectivity index is 1.44. The summed E-state index contributed by atoms with van der Waals surface area (Å²) in [5.41, 5.74) is 1.20. The third kappa shape index (κ3) is 5.03. The fourth-order valence-electron chi connectivity index (χ4n) is 3.63. The van der Waals surface area contributed by atoms with Gasteiger partial charge in [-0.25, -0.2) is 4.68 Å². The number of hydrogen-bond acceptors (Lipinski definition) is 4. The lowest BCUT2D eigenvalue weighted by Crippen LogP contribution is -2.30. The first-order valence-electron chi connectivity index (χ1n) is 10.7. The van der Waals surface area contributed by atoms with Crippen molar-refractivity contribution in [3.8, 4) is 16.9 Å². The molecule has 0 fully saturated rings. The van der Waals surface area contributed by atoms with Gasteiger partial charge in [-0.05, 0) is 25.5 Å². The molecule has 176 valence electrons. The summed E-state index contributed by atoms with van der Waals surface area (Å²) in [6.45, 7) is 2.08. The van der Waals surface area contributed by atoms with Gasteiger partial charge in [-0.1, -0.05) is 53.2 Å². The van der Waals surface area contributed by atoms with Gasteiger partial charge in [-0.2, -0.15) is 18.3 Å². The summed E-state index contributed by atoms with van der Waals surface area (Å²) in [5, 5.41) is 7.92. The Morgan fingerprint density at radius 2 is 1.79 bits per heavy atom. The Morgan fingerprint density at radius 3 is 2.47 bits per heavy atom. The molecule has 9 heteroatoms. The number of halogens is 3. The van der Waals surface area contributed by atoms with Gasteiger partial charge in [0, 0.05) is 31.6 Å². The van der Waals surface area contributed by atoms with Crippen molar-refractivity contribution in [2.45, 2.75) is 25.9 Å². The van der Waals surface area contributed by atoms with E-state index in [2.05, 4.69) is 10.3 Å². The molecular formula is C25H23F3N4O2. The van der Waals surface area contributed by atoms with Crippen molar-refractivity contribution in [3.63, 3.8) is 0 Å². The van der Waals surface area contributed by atoms with Crippen LogP contribution in [-0.4, -0.2) is 39.3 Å². The van der Waals surface area contributed by atoms with Gasteiger partial charge in [0.05, 0.1) is 17.4 Å². The van der Waals surface area contributed by atoms with Crippen LogP contribution in [0.2, 0.25) is 0 Å². The summed E-state index contributed by atoms with van der Waals surface area (Å²) in [4.78, 5) is 14.1. The van der Waals surface area contributed by atoms with E-state index in [9.17, 15) is 18.0 Å². The molecular weight excluding hydrogens is 445 g/mol. The zero-order valence-electron chi connectivity index (χ0n) is 18.7. The number of hydrogen-bond donors (Lipinski definition) is 0. The molecule has 34 heavy (non-hydrogen) atoms. The fraction of sp³-hybridized carbons (Fsp3) is 0.240. The van der Waals surface area contributed by atoms with Gasteiger partial charge in [0.25, 0.3) is 5.91 Å². The monoisotopic (exact) mass is 468 g/mol. The minimum Gasteiger partial charge on any atom is -0.361 e. The van der Waals surface area contributed by atoms with Gasteiger partial charge in [0.2, 0.25) is 0 Å². The normalized spacial score (nSPS) is 11.6. The number of aryl methyl sites for hydroxylation is 2. The molecule has 0 bridgehead atoms. The number of amides is 1. The van der Waals surface area contributed by atoms with Crippen LogP contribution in [0.5, 0.6) is 0 Å². The Kier molecular flexibility index (Phi) is 6.54. The maximum Gasteiger partial charge on any atom is 0.434 e. The Hall–Kier alpha value is -3.88. The van der Waals surface area contributed by atoms with Crippen molar-refractivity contribution in [2.75, 3.05) is 13.6 Å². The van der Waals surface area contributed by atoms with Crippen LogP contribution in [0.25, 0.3) is 16.9 Å². The highest BCUT2D eigenvalue weighted by Gasteiger charge is 2.41. The topological polar surface area (TPSA) is 64.2 Å². The van der Waals surface area contributed by atoms with Crippen LogP contribution in [0, 0.1) is 6.92 Å². The molecule has 0 atom stereocenters. The average molecular weight is 468 g/mol. The van der Waals surface area contributed by atoms with E-state index in [4.69, 9.17) is 4.52 Å². The first-order valence-corrected chi connectivity index (χ1v) is 10.7. The van der Waals surface area contributed by atoms with Gasteiger partial charge in [-0.3, -0.25) is 4.79 Å². The van der Waals surface area contributed by atoms with E-state index in [1.54, 1.807) is 12.1 Å². The van der Waals surface area contributed by atoms with E-state index < -0.39 is 23.3 Å². The highest BCUT2D eigenvalue weighted by atomic mass is 19.4. The van der Waals surface area contributed by atoms with Crippen LogP contribution in [0.15, 0.2) is 71.4 Å². The second kappa shape index (κ2) is 9.54. The van der Waals surface area contributed by atoms with Crippen LogP contribution in [0.4, 0.5) is 13.2 Å². The Bertz CT molecular complexity index is 1260. The van der Waals surface area contributed by atoms with Crippen molar-refractivity contribution in [1.29, 1.82) is 0 Å². The Morgan fingerprint density at radius 1 is 1.09 bits per heavy atom. The van der Waals surface area contributed by atoms with Gasteiger partial charge in [0.15, 0.2) is 5.69 Å². The number of benzene rings is 2. The third-order valence-corrected chi connectivity index (χ3v) is 5.44. The number of nitrogens with zero attached hydrogens (tertiary/aromatic N) is 4. The molecule has 0 saturated carbocycles. The molecule has 0 aliphatic carbocycles.